The van der Waals surface area contributed by atoms with Gasteiger partial charge in [0.15, 0.2) is 10.8 Å². The zero-order chi connectivity index (χ0) is 21.0. The normalized spacial score (nSPS) is 10.5. The number of aromatic nitrogens is 2. The van der Waals surface area contributed by atoms with Gasteiger partial charge >= 0.3 is 0 Å². The standard InChI is InChI=1S/C19H16ClFN4O3S/c1-3-28-16-7-6-13(20)17(24-16)18(27)25-19-23-15(9-29-19)12-5-4-11(8-14(12)21)22-10(2)26/h4-9H,3H2,1-2H3,(H,22,26)(H,23,25,27). The summed E-state index contributed by atoms with van der Waals surface area (Å²) >= 11 is 7.18. The van der Waals surface area contributed by atoms with Gasteiger partial charge in [-0.2, -0.15) is 0 Å². The molecule has 0 aliphatic heterocycles. The van der Waals surface area contributed by atoms with Crippen molar-refractivity contribution in [2.45, 2.75) is 13.8 Å². The number of thiazole rings is 1. The van der Waals surface area contributed by atoms with E-state index in [1.807, 2.05) is 0 Å². The molecule has 7 nitrogen and oxygen atoms in total. The van der Waals surface area contributed by atoms with Gasteiger partial charge in [-0.15, -0.1) is 11.3 Å². The van der Waals surface area contributed by atoms with Crippen LogP contribution in [-0.2, 0) is 4.79 Å². The van der Waals surface area contributed by atoms with Crippen molar-refractivity contribution in [1.82, 2.24) is 9.97 Å². The Labute approximate surface area is 174 Å². The van der Waals surface area contributed by atoms with Crippen molar-refractivity contribution in [3.63, 3.8) is 0 Å². The monoisotopic (exact) mass is 434 g/mol. The van der Waals surface area contributed by atoms with Crippen LogP contribution in [0, 0.1) is 5.82 Å². The molecule has 0 saturated heterocycles. The zero-order valence-electron chi connectivity index (χ0n) is 15.5. The molecule has 0 radical (unpaired) electrons. The van der Waals surface area contributed by atoms with Gasteiger partial charge in [-0.1, -0.05) is 11.6 Å². The van der Waals surface area contributed by atoms with E-state index in [-0.39, 0.29) is 33.2 Å². The van der Waals surface area contributed by atoms with Crippen molar-refractivity contribution in [1.29, 1.82) is 0 Å². The van der Waals surface area contributed by atoms with E-state index >= 15 is 0 Å². The predicted molar refractivity (Wildman–Crippen MR) is 110 cm³/mol. The van der Waals surface area contributed by atoms with E-state index in [0.717, 1.165) is 11.3 Å². The average molecular weight is 435 g/mol. The molecule has 0 aliphatic carbocycles. The molecule has 0 aliphatic rings. The number of halogens is 2. The molecule has 2 amide bonds. The minimum Gasteiger partial charge on any atom is -0.478 e. The summed E-state index contributed by atoms with van der Waals surface area (Å²) in [4.78, 5) is 31.9. The Morgan fingerprint density at radius 3 is 2.69 bits per heavy atom. The van der Waals surface area contributed by atoms with Gasteiger partial charge in [0.25, 0.3) is 5.91 Å². The van der Waals surface area contributed by atoms with E-state index in [1.165, 1.54) is 25.1 Å². The molecule has 0 atom stereocenters. The van der Waals surface area contributed by atoms with Crippen LogP contribution in [0.1, 0.15) is 24.3 Å². The summed E-state index contributed by atoms with van der Waals surface area (Å²) < 4.78 is 19.7. The van der Waals surface area contributed by atoms with E-state index < -0.39 is 11.7 Å². The van der Waals surface area contributed by atoms with Crippen molar-refractivity contribution in [3.8, 4) is 17.1 Å². The highest BCUT2D eigenvalue weighted by Crippen LogP contribution is 2.29. The summed E-state index contributed by atoms with van der Waals surface area (Å²) in [6.45, 7) is 3.54. The molecule has 29 heavy (non-hydrogen) atoms. The quantitative estimate of drug-likeness (QED) is 0.591. The molecule has 3 aromatic rings. The number of ether oxygens (including phenoxy) is 1. The molecule has 0 spiro atoms. The summed E-state index contributed by atoms with van der Waals surface area (Å²) in [5, 5.41) is 7.15. The lowest BCUT2D eigenvalue weighted by atomic mass is 10.1. The first kappa shape index (κ1) is 20.7. The average Bonchev–Trinajstić information content (AvgIpc) is 3.11. The first-order chi connectivity index (χ1) is 13.9. The maximum atomic E-state index is 14.4. The summed E-state index contributed by atoms with van der Waals surface area (Å²) in [5.41, 5.74) is 0.933. The van der Waals surface area contributed by atoms with Gasteiger partial charge in [0, 0.05) is 29.6 Å². The highest BCUT2D eigenvalue weighted by molar-refractivity contribution is 7.14. The number of nitrogens with one attached hydrogen (secondary N) is 2. The molecular weight excluding hydrogens is 419 g/mol. The van der Waals surface area contributed by atoms with E-state index in [0.29, 0.717) is 18.0 Å². The highest BCUT2D eigenvalue weighted by atomic mass is 35.5. The van der Waals surface area contributed by atoms with Crippen LogP contribution in [0.3, 0.4) is 0 Å². The molecular formula is C19H16ClFN4O3S. The molecule has 1 aromatic carbocycles. The van der Waals surface area contributed by atoms with Crippen LogP contribution in [-0.4, -0.2) is 28.4 Å². The Kier molecular flexibility index (Phi) is 6.40. The van der Waals surface area contributed by atoms with Crippen molar-refractivity contribution < 1.29 is 18.7 Å². The zero-order valence-corrected chi connectivity index (χ0v) is 17.0. The van der Waals surface area contributed by atoms with Gasteiger partial charge in [-0.05, 0) is 31.2 Å². The lowest BCUT2D eigenvalue weighted by Gasteiger charge is -2.07. The first-order valence-electron chi connectivity index (χ1n) is 8.51. The molecule has 3 rings (SSSR count). The number of carbonyl (C=O) groups excluding carboxylic acids is 2. The van der Waals surface area contributed by atoms with E-state index in [4.69, 9.17) is 16.3 Å². The van der Waals surface area contributed by atoms with Crippen LogP contribution in [0.15, 0.2) is 35.7 Å². The smallest absolute Gasteiger partial charge is 0.277 e. The van der Waals surface area contributed by atoms with Gasteiger partial charge < -0.3 is 10.1 Å². The molecule has 0 bridgehead atoms. The van der Waals surface area contributed by atoms with Crippen molar-refractivity contribution in [3.05, 3.63) is 52.2 Å². The molecule has 2 aromatic heterocycles. The number of anilines is 2. The molecule has 150 valence electrons. The largest absolute Gasteiger partial charge is 0.478 e. The van der Waals surface area contributed by atoms with Gasteiger partial charge in [0.1, 0.15) is 5.82 Å². The Morgan fingerprint density at radius 1 is 1.21 bits per heavy atom. The van der Waals surface area contributed by atoms with Crippen LogP contribution in [0.5, 0.6) is 5.88 Å². The summed E-state index contributed by atoms with van der Waals surface area (Å²) in [6, 6.07) is 7.37. The first-order valence-corrected chi connectivity index (χ1v) is 9.77. The maximum Gasteiger partial charge on any atom is 0.277 e. The van der Waals surface area contributed by atoms with Gasteiger partial charge in [0.05, 0.1) is 17.3 Å². The van der Waals surface area contributed by atoms with Crippen LogP contribution < -0.4 is 15.4 Å². The second-order valence-electron chi connectivity index (χ2n) is 5.78. The fourth-order valence-corrected chi connectivity index (χ4v) is 3.32. The number of carbonyl (C=O) groups is 2. The Hall–Kier alpha value is -3.04. The fourth-order valence-electron chi connectivity index (χ4n) is 2.43. The van der Waals surface area contributed by atoms with E-state index in [1.54, 1.807) is 24.4 Å². The third kappa shape index (κ3) is 5.07. The van der Waals surface area contributed by atoms with Crippen LogP contribution in [0.2, 0.25) is 5.02 Å². The number of pyridine rings is 1. The SMILES string of the molecule is CCOc1ccc(Cl)c(C(=O)Nc2nc(-c3ccc(NC(C)=O)cc3F)cs2)n1. The number of rotatable bonds is 6. The molecule has 0 saturated carbocycles. The maximum absolute atomic E-state index is 14.4. The topological polar surface area (TPSA) is 93.2 Å². The molecule has 2 N–H and O–H groups in total. The molecule has 0 unspecified atom stereocenters. The third-order valence-corrected chi connectivity index (χ3v) is 4.68. The van der Waals surface area contributed by atoms with E-state index in [2.05, 4.69) is 20.6 Å². The Morgan fingerprint density at radius 2 is 2.00 bits per heavy atom. The van der Waals surface area contributed by atoms with Crippen molar-refractivity contribution >= 4 is 45.6 Å². The second-order valence-corrected chi connectivity index (χ2v) is 7.05. The number of hydrogen-bond acceptors (Lipinski definition) is 6. The lowest BCUT2D eigenvalue weighted by Crippen LogP contribution is -2.14. The minimum atomic E-state index is -0.557. The molecule has 0 fully saturated rings. The van der Waals surface area contributed by atoms with Crippen LogP contribution >= 0.6 is 22.9 Å². The number of nitrogens with zero attached hydrogens (tertiary/aromatic N) is 2. The second kappa shape index (κ2) is 8.97. The Bertz CT molecular complexity index is 1070. The lowest BCUT2D eigenvalue weighted by molar-refractivity contribution is -0.114. The number of benzene rings is 1. The van der Waals surface area contributed by atoms with Gasteiger partial charge in [-0.3, -0.25) is 14.9 Å². The van der Waals surface area contributed by atoms with E-state index in [9.17, 15) is 14.0 Å². The summed E-state index contributed by atoms with van der Waals surface area (Å²) in [6.07, 6.45) is 0. The van der Waals surface area contributed by atoms with Crippen LogP contribution in [0.4, 0.5) is 15.2 Å². The van der Waals surface area contributed by atoms with Crippen LogP contribution in [0.25, 0.3) is 11.3 Å². The van der Waals surface area contributed by atoms with Crippen molar-refractivity contribution in [2.24, 2.45) is 0 Å². The number of hydrogen-bond donors (Lipinski definition) is 2. The summed E-state index contributed by atoms with van der Waals surface area (Å²) in [7, 11) is 0. The number of amides is 2. The minimum absolute atomic E-state index is 0.000192. The summed E-state index contributed by atoms with van der Waals surface area (Å²) in [5.74, 6) is -1.12. The van der Waals surface area contributed by atoms with Gasteiger partial charge in [0.2, 0.25) is 11.8 Å². The fraction of sp³-hybridized carbons (Fsp3) is 0.158. The Balaban J connectivity index is 1.78. The highest BCUT2D eigenvalue weighted by Gasteiger charge is 2.17. The molecule has 10 heteroatoms. The van der Waals surface area contributed by atoms with Crippen molar-refractivity contribution in [2.75, 3.05) is 17.2 Å². The van der Waals surface area contributed by atoms with Gasteiger partial charge in [-0.25, -0.2) is 14.4 Å². The molecule has 2 heterocycles. The predicted octanol–water partition coefficient (Wildman–Crippen LogP) is 4.61. The third-order valence-electron chi connectivity index (χ3n) is 3.62.